The Hall–Kier alpha value is -3.01. The Morgan fingerprint density at radius 3 is 2.50 bits per heavy atom. The van der Waals surface area contributed by atoms with Crippen LogP contribution in [0.5, 0.6) is 0 Å². The fourth-order valence-corrected chi connectivity index (χ4v) is 6.74. The Morgan fingerprint density at radius 1 is 1.11 bits per heavy atom. The molecule has 0 radical (unpaired) electrons. The normalized spacial score (nSPS) is 30.6. The van der Waals surface area contributed by atoms with E-state index in [0.717, 1.165) is 24.4 Å². The number of amides is 1. The third-order valence-corrected chi connectivity index (χ3v) is 9.83. The maximum Gasteiger partial charge on any atom is 0.410 e. The molecule has 3 heterocycles. The highest BCUT2D eigenvalue weighted by Gasteiger charge is 2.37. The van der Waals surface area contributed by atoms with Crippen molar-refractivity contribution in [2.75, 3.05) is 26.2 Å². The molecule has 2 N–H and O–H groups in total. The molecule has 46 heavy (non-hydrogen) atoms. The van der Waals surface area contributed by atoms with E-state index >= 15 is 0 Å². The monoisotopic (exact) mass is 637 g/mol. The molecule has 1 amide bonds. The molecule has 9 nitrogen and oxygen atoms in total. The molecule has 6 atom stereocenters. The van der Waals surface area contributed by atoms with Gasteiger partial charge in [0.1, 0.15) is 11.7 Å². The average Bonchev–Trinajstić information content (AvgIpc) is 3.34. The highest BCUT2D eigenvalue weighted by molar-refractivity contribution is 5.70. The van der Waals surface area contributed by atoms with Gasteiger partial charge in [-0.25, -0.2) is 4.79 Å². The summed E-state index contributed by atoms with van der Waals surface area (Å²) in [6.07, 6.45) is 16.0. The average molecular weight is 638 g/mol. The first kappa shape index (κ1) is 35.8. The second-order valence-electron chi connectivity index (χ2n) is 13.7. The van der Waals surface area contributed by atoms with Crippen molar-refractivity contribution in [2.45, 2.75) is 121 Å². The van der Waals surface area contributed by atoms with E-state index in [2.05, 4.69) is 16.8 Å². The van der Waals surface area contributed by atoms with Crippen LogP contribution in [0.1, 0.15) is 97.1 Å². The summed E-state index contributed by atoms with van der Waals surface area (Å²) in [4.78, 5) is 34.9. The maximum atomic E-state index is 13.4. The van der Waals surface area contributed by atoms with Gasteiger partial charge in [-0.05, 0) is 63.3 Å². The van der Waals surface area contributed by atoms with Gasteiger partial charge in [0.25, 0.3) is 0 Å². The van der Waals surface area contributed by atoms with Crippen LogP contribution in [0.15, 0.2) is 60.3 Å². The van der Waals surface area contributed by atoms with Crippen molar-refractivity contribution in [1.29, 1.82) is 0 Å². The van der Waals surface area contributed by atoms with E-state index in [-0.39, 0.29) is 31.1 Å². The van der Waals surface area contributed by atoms with E-state index in [1.165, 1.54) is 38.5 Å². The molecular formula is C37H55N3O6. The van der Waals surface area contributed by atoms with E-state index in [9.17, 15) is 19.8 Å². The van der Waals surface area contributed by atoms with Gasteiger partial charge in [-0.1, -0.05) is 69.9 Å². The van der Waals surface area contributed by atoms with Crippen LogP contribution in [-0.4, -0.2) is 93.2 Å². The zero-order chi connectivity index (χ0) is 33.1. The molecule has 4 rings (SSSR count). The van der Waals surface area contributed by atoms with E-state index in [4.69, 9.17) is 9.47 Å². The number of nitrogens with zero attached hydrogens (tertiary/aromatic N) is 3. The van der Waals surface area contributed by atoms with Crippen LogP contribution in [-0.2, 0) is 14.3 Å². The van der Waals surface area contributed by atoms with E-state index in [1.54, 1.807) is 24.1 Å². The van der Waals surface area contributed by atoms with Crippen molar-refractivity contribution in [1.82, 2.24) is 14.8 Å². The lowest BCUT2D eigenvalue weighted by molar-refractivity contribution is -0.151. The quantitative estimate of drug-likeness (QED) is 0.171. The van der Waals surface area contributed by atoms with Crippen molar-refractivity contribution in [3.8, 4) is 0 Å². The number of carbonyl (C=O) groups is 2. The van der Waals surface area contributed by atoms with Gasteiger partial charge in [0.05, 0.1) is 12.5 Å². The molecular weight excluding hydrogens is 582 g/mol. The molecule has 0 spiro atoms. The summed E-state index contributed by atoms with van der Waals surface area (Å²) in [6.45, 7) is 10.4. The van der Waals surface area contributed by atoms with Crippen molar-refractivity contribution < 1.29 is 29.3 Å². The lowest BCUT2D eigenvalue weighted by Gasteiger charge is -2.40. The number of aliphatic hydroxyl groups excluding tert-OH is 1. The Kier molecular flexibility index (Phi) is 13.4. The summed E-state index contributed by atoms with van der Waals surface area (Å²) in [7, 11) is 0. The number of aliphatic hydroxyl groups is 2. The van der Waals surface area contributed by atoms with Gasteiger partial charge in [0, 0.05) is 55.9 Å². The minimum absolute atomic E-state index is 0.106. The van der Waals surface area contributed by atoms with E-state index < -0.39 is 36.0 Å². The Bertz CT molecular complexity index is 1200. The van der Waals surface area contributed by atoms with E-state index in [0.29, 0.717) is 19.1 Å². The first-order chi connectivity index (χ1) is 22.0. The van der Waals surface area contributed by atoms with Crippen LogP contribution in [0.4, 0.5) is 4.79 Å². The minimum atomic E-state index is -1.44. The Balaban J connectivity index is 1.45. The second-order valence-corrected chi connectivity index (χ2v) is 13.7. The number of carbonyl (C=O) groups excluding carboxylic acids is 2. The fourth-order valence-electron chi connectivity index (χ4n) is 6.74. The molecule has 0 aromatic carbocycles. The zero-order valence-corrected chi connectivity index (χ0v) is 28.2. The number of pyridine rings is 1. The fraction of sp³-hybridized carbons (Fsp3) is 0.649. The first-order valence-electron chi connectivity index (χ1n) is 17.3. The van der Waals surface area contributed by atoms with Crippen molar-refractivity contribution >= 4 is 12.1 Å². The number of allylic oxidation sites excluding steroid dienone is 3. The number of esters is 1. The standard InChI is InChI=1S/C37H55N3O6/c1-27(32-16-9-10-21-38-32)12-11-13-28(2)35-29(3)17-18-33(37(4,44)20-19-31(41)26-34(42)46-35)45-36(43)40-24-22-39(23-25-40)30-14-7-5-6-8-15-30/h9-13,16-18,21,27,29-31,33,35,41,44H,5-8,14-15,19-20,22-26H2,1-4H3/t27-,29+,31-,33+,35-,37-/m1/s1. The van der Waals surface area contributed by atoms with Gasteiger partial charge < -0.3 is 24.6 Å². The van der Waals surface area contributed by atoms with Crippen LogP contribution in [0.3, 0.4) is 0 Å². The third-order valence-electron chi connectivity index (χ3n) is 9.83. The SMILES string of the molecule is CC(=CC=C[C@@H](C)c1ccccn1)[C@H]1OC(=O)C[C@H](O)CC[C@@](C)(O)[C@@H](OC(=O)N2CCN(C3CCCCCC3)CC2)C=C[C@@H]1C. The third kappa shape index (κ3) is 10.5. The Morgan fingerprint density at radius 2 is 1.83 bits per heavy atom. The van der Waals surface area contributed by atoms with Gasteiger partial charge in [-0.2, -0.15) is 0 Å². The number of rotatable bonds is 6. The molecule has 2 fully saturated rings. The zero-order valence-electron chi connectivity index (χ0n) is 28.2. The number of hydrogen-bond donors (Lipinski definition) is 2. The smallest absolute Gasteiger partial charge is 0.410 e. The second kappa shape index (κ2) is 17.2. The van der Waals surface area contributed by atoms with Crippen LogP contribution in [0.25, 0.3) is 0 Å². The van der Waals surface area contributed by atoms with Crippen LogP contribution in [0, 0.1) is 5.92 Å². The van der Waals surface area contributed by atoms with Gasteiger partial charge in [-0.15, -0.1) is 0 Å². The molecule has 3 aliphatic rings. The molecule has 0 unspecified atom stereocenters. The van der Waals surface area contributed by atoms with Crippen LogP contribution in [0.2, 0.25) is 0 Å². The van der Waals surface area contributed by atoms with Gasteiger partial charge in [0.2, 0.25) is 0 Å². The maximum absolute atomic E-state index is 13.4. The number of aromatic nitrogens is 1. The predicted molar refractivity (Wildman–Crippen MR) is 179 cm³/mol. The van der Waals surface area contributed by atoms with Crippen LogP contribution >= 0.6 is 0 Å². The summed E-state index contributed by atoms with van der Waals surface area (Å²) >= 11 is 0. The van der Waals surface area contributed by atoms with Crippen LogP contribution < -0.4 is 0 Å². The van der Waals surface area contributed by atoms with Gasteiger partial charge in [-0.3, -0.25) is 14.7 Å². The highest BCUT2D eigenvalue weighted by atomic mass is 16.6. The lowest BCUT2D eigenvalue weighted by atomic mass is 9.88. The number of cyclic esters (lactones) is 1. The minimum Gasteiger partial charge on any atom is -0.457 e. The molecule has 254 valence electrons. The first-order valence-corrected chi connectivity index (χ1v) is 17.3. The number of hydrogen-bond acceptors (Lipinski definition) is 8. The molecule has 0 bridgehead atoms. The predicted octanol–water partition coefficient (Wildman–Crippen LogP) is 5.93. The molecule has 1 aromatic rings. The van der Waals surface area contributed by atoms with Gasteiger partial charge >= 0.3 is 12.1 Å². The van der Waals surface area contributed by atoms with Crippen molar-refractivity contribution in [3.63, 3.8) is 0 Å². The largest absolute Gasteiger partial charge is 0.457 e. The molecule has 1 aliphatic carbocycles. The van der Waals surface area contributed by atoms with Crippen molar-refractivity contribution in [2.24, 2.45) is 5.92 Å². The molecule has 1 saturated heterocycles. The Labute approximate surface area is 275 Å². The summed E-state index contributed by atoms with van der Waals surface area (Å²) < 4.78 is 11.9. The topological polar surface area (TPSA) is 112 Å². The molecule has 1 saturated carbocycles. The molecule has 2 aliphatic heterocycles. The number of ether oxygens (including phenoxy) is 2. The number of piperazine rings is 1. The summed E-state index contributed by atoms with van der Waals surface area (Å²) in [6, 6.07) is 6.43. The summed E-state index contributed by atoms with van der Waals surface area (Å²) in [5, 5.41) is 22.1. The highest BCUT2D eigenvalue weighted by Crippen LogP contribution is 2.28. The summed E-state index contributed by atoms with van der Waals surface area (Å²) in [5.74, 6) is -0.685. The van der Waals surface area contributed by atoms with E-state index in [1.807, 2.05) is 56.4 Å². The van der Waals surface area contributed by atoms with Crippen molar-refractivity contribution in [3.05, 3.63) is 66.0 Å². The lowest BCUT2D eigenvalue weighted by Crippen LogP contribution is -2.53. The molecule has 1 aromatic heterocycles. The molecule has 9 heteroatoms. The van der Waals surface area contributed by atoms with Gasteiger partial charge in [0.15, 0.2) is 6.10 Å². The summed E-state index contributed by atoms with van der Waals surface area (Å²) in [5.41, 5.74) is 0.345.